The summed E-state index contributed by atoms with van der Waals surface area (Å²) in [5, 5.41) is 17.4. The molecule has 0 aromatic heterocycles. The molecule has 0 saturated heterocycles. The summed E-state index contributed by atoms with van der Waals surface area (Å²) < 4.78 is 0. The van der Waals surface area contributed by atoms with Crippen molar-refractivity contribution in [2.75, 3.05) is 0 Å². The van der Waals surface area contributed by atoms with Gasteiger partial charge in [-0.1, -0.05) is 13.8 Å². The van der Waals surface area contributed by atoms with E-state index in [1.165, 1.54) is 0 Å². The van der Waals surface area contributed by atoms with Crippen LogP contribution in [-0.4, -0.2) is 34.0 Å². The van der Waals surface area contributed by atoms with Gasteiger partial charge in [0.1, 0.15) is 11.8 Å². The van der Waals surface area contributed by atoms with Gasteiger partial charge in [-0.2, -0.15) is 27.0 Å². The molecule has 0 heterocycles. The first-order valence-corrected chi connectivity index (χ1v) is 5.47. The van der Waals surface area contributed by atoms with Crippen LogP contribution in [0.5, 0.6) is 0 Å². The van der Waals surface area contributed by atoms with Crippen LogP contribution in [0.3, 0.4) is 0 Å². The number of rotatable bonds is 8. The van der Waals surface area contributed by atoms with Crippen LogP contribution in [0.1, 0.15) is 33.1 Å². The zero-order valence-electron chi connectivity index (χ0n) is 11.0. The second kappa shape index (κ2) is 11.1. The first kappa shape index (κ1) is 23.4. The van der Waals surface area contributed by atoms with Gasteiger partial charge in [0.25, 0.3) is 0 Å². The Morgan fingerprint density at radius 3 is 1.79 bits per heavy atom. The highest BCUT2D eigenvalue weighted by atomic mass is 32.1. The molecule has 0 saturated carbocycles. The molecule has 0 aliphatic rings. The predicted molar refractivity (Wildman–Crippen MR) is 81.2 cm³/mol. The minimum absolute atomic E-state index is 0. The SMILES string of the molecule is CC(C)C[C@H](CC(=O)C[C@H](N)C(=O)O)C(=O)O.S.S. The highest BCUT2D eigenvalue weighted by molar-refractivity contribution is 7.59. The smallest absolute Gasteiger partial charge is 0.320 e. The Labute approximate surface area is 126 Å². The van der Waals surface area contributed by atoms with Gasteiger partial charge in [0.2, 0.25) is 0 Å². The summed E-state index contributed by atoms with van der Waals surface area (Å²) in [7, 11) is 0. The number of Topliss-reactive ketones (excluding diaryl/α,β-unsaturated/α-hetero) is 1. The molecule has 114 valence electrons. The van der Waals surface area contributed by atoms with Crippen LogP contribution in [0.2, 0.25) is 0 Å². The lowest BCUT2D eigenvalue weighted by Gasteiger charge is -2.14. The number of ketones is 1. The third kappa shape index (κ3) is 10.8. The lowest BCUT2D eigenvalue weighted by molar-refractivity contribution is -0.144. The van der Waals surface area contributed by atoms with E-state index in [1.54, 1.807) is 0 Å². The van der Waals surface area contributed by atoms with Gasteiger partial charge in [-0.25, -0.2) is 0 Å². The number of hydrogen-bond donors (Lipinski definition) is 3. The maximum absolute atomic E-state index is 11.4. The maximum atomic E-state index is 11.4. The van der Waals surface area contributed by atoms with Gasteiger partial charge < -0.3 is 15.9 Å². The van der Waals surface area contributed by atoms with Crippen LogP contribution in [-0.2, 0) is 14.4 Å². The number of carbonyl (C=O) groups excluding carboxylic acids is 1. The fourth-order valence-electron chi connectivity index (χ4n) is 1.53. The zero-order valence-corrected chi connectivity index (χ0v) is 13.0. The van der Waals surface area contributed by atoms with Crippen molar-refractivity contribution in [3.8, 4) is 0 Å². The molecule has 0 aromatic rings. The summed E-state index contributed by atoms with van der Waals surface area (Å²) >= 11 is 0. The second-order valence-corrected chi connectivity index (χ2v) is 4.56. The van der Waals surface area contributed by atoms with E-state index >= 15 is 0 Å². The Hall–Kier alpha value is -0.730. The van der Waals surface area contributed by atoms with Crippen molar-refractivity contribution in [3.63, 3.8) is 0 Å². The Bertz CT molecular complexity index is 309. The van der Waals surface area contributed by atoms with Crippen molar-refractivity contribution in [1.29, 1.82) is 0 Å². The molecule has 0 bridgehead atoms. The summed E-state index contributed by atoms with van der Waals surface area (Å²) in [6.07, 6.45) is -0.0882. The number of hydrogen-bond acceptors (Lipinski definition) is 4. The molecule has 0 rings (SSSR count). The molecular formula is C11H23NO5S2. The molecule has 4 N–H and O–H groups in total. The molecule has 2 atom stereocenters. The van der Waals surface area contributed by atoms with Crippen LogP contribution in [0, 0.1) is 11.8 Å². The molecule has 8 heteroatoms. The molecule has 6 nitrogen and oxygen atoms in total. The van der Waals surface area contributed by atoms with E-state index in [0.717, 1.165) is 0 Å². The van der Waals surface area contributed by atoms with E-state index in [2.05, 4.69) is 0 Å². The van der Waals surface area contributed by atoms with Gasteiger partial charge in [-0.3, -0.25) is 14.4 Å². The number of carboxylic acids is 2. The van der Waals surface area contributed by atoms with Crippen molar-refractivity contribution in [2.45, 2.75) is 39.2 Å². The van der Waals surface area contributed by atoms with Crippen molar-refractivity contribution < 1.29 is 24.6 Å². The largest absolute Gasteiger partial charge is 0.481 e. The third-order valence-corrected chi connectivity index (χ3v) is 2.34. The van der Waals surface area contributed by atoms with Crippen molar-refractivity contribution in [2.24, 2.45) is 17.6 Å². The van der Waals surface area contributed by atoms with E-state index in [1.807, 2.05) is 13.8 Å². The quantitative estimate of drug-likeness (QED) is 0.608. The molecule has 0 fully saturated rings. The normalized spacial score (nSPS) is 12.8. The molecular weight excluding hydrogens is 290 g/mol. The van der Waals surface area contributed by atoms with Gasteiger partial charge in [0.15, 0.2) is 0 Å². The van der Waals surface area contributed by atoms with Crippen LogP contribution in [0.15, 0.2) is 0 Å². The van der Waals surface area contributed by atoms with E-state index in [0.29, 0.717) is 6.42 Å². The standard InChI is InChI=1S/C11H19NO5.2H2S/c1-6(2)3-7(10(14)15)4-8(13)5-9(12)11(16)17;;/h6-7,9H,3-5,12H2,1-2H3,(H,14,15)(H,16,17);2*1H2/t7-,9+;;/m1../s1. The Morgan fingerprint density at radius 2 is 1.47 bits per heavy atom. The monoisotopic (exact) mass is 313 g/mol. The average Bonchev–Trinajstić information content (AvgIpc) is 2.15. The highest BCUT2D eigenvalue weighted by Gasteiger charge is 2.24. The zero-order chi connectivity index (χ0) is 13.6. The molecule has 0 aliphatic heterocycles. The van der Waals surface area contributed by atoms with Gasteiger partial charge in [-0.05, 0) is 12.3 Å². The van der Waals surface area contributed by atoms with Gasteiger partial charge in [-0.15, -0.1) is 0 Å². The lowest BCUT2D eigenvalue weighted by Crippen LogP contribution is -2.33. The fraction of sp³-hybridized carbons (Fsp3) is 0.727. The summed E-state index contributed by atoms with van der Waals surface area (Å²) in [5.74, 6) is -3.31. The first-order valence-electron chi connectivity index (χ1n) is 5.47. The van der Waals surface area contributed by atoms with Crippen LogP contribution in [0.4, 0.5) is 0 Å². The summed E-state index contributed by atoms with van der Waals surface area (Å²) in [6.45, 7) is 3.73. The molecule has 0 amide bonds. The Morgan fingerprint density at radius 1 is 1.00 bits per heavy atom. The molecule has 0 aliphatic carbocycles. The number of nitrogens with two attached hydrogens (primary N) is 1. The van der Waals surface area contributed by atoms with Crippen molar-refractivity contribution in [3.05, 3.63) is 0 Å². The summed E-state index contributed by atoms with van der Waals surface area (Å²) in [5.41, 5.74) is 5.20. The molecule has 19 heavy (non-hydrogen) atoms. The molecule has 0 radical (unpaired) electrons. The average molecular weight is 313 g/mol. The fourth-order valence-corrected chi connectivity index (χ4v) is 1.53. The highest BCUT2D eigenvalue weighted by Crippen LogP contribution is 2.17. The first-order chi connectivity index (χ1) is 7.73. The topological polar surface area (TPSA) is 118 Å². The van der Waals surface area contributed by atoms with Crippen LogP contribution < -0.4 is 5.73 Å². The minimum atomic E-state index is -1.26. The summed E-state index contributed by atoms with van der Waals surface area (Å²) in [6, 6.07) is -1.25. The van der Waals surface area contributed by atoms with Gasteiger partial charge in [0.05, 0.1) is 5.92 Å². The van der Waals surface area contributed by atoms with E-state index in [9.17, 15) is 14.4 Å². The number of carboxylic acid groups (broad SMARTS) is 2. The second-order valence-electron chi connectivity index (χ2n) is 4.56. The van der Waals surface area contributed by atoms with Crippen molar-refractivity contribution in [1.82, 2.24) is 0 Å². The minimum Gasteiger partial charge on any atom is -0.481 e. The van der Waals surface area contributed by atoms with Crippen LogP contribution in [0.25, 0.3) is 0 Å². The summed E-state index contributed by atoms with van der Waals surface area (Å²) in [4.78, 5) is 32.8. The molecule has 0 spiro atoms. The third-order valence-electron chi connectivity index (χ3n) is 2.34. The molecule has 0 unspecified atom stereocenters. The van der Waals surface area contributed by atoms with Crippen molar-refractivity contribution >= 4 is 44.7 Å². The van der Waals surface area contributed by atoms with E-state index in [-0.39, 0.29) is 45.8 Å². The maximum Gasteiger partial charge on any atom is 0.320 e. The Kier molecular flexibility index (Phi) is 13.7. The molecule has 0 aromatic carbocycles. The van der Waals surface area contributed by atoms with Crippen LogP contribution >= 0.6 is 27.0 Å². The Balaban J connectivity index is -0.00000128. The van der Waals surface area contributed by atoms with Gasteiger partial charge in [0, 0.05) is 12.8 Å². The van der Waals surface area contributed by atoms with E-state index < -0.39 is 29.7 Å². The van der Waals surface area contributed by atoms with E-state index in [4.69, 9.17) is 15.9 Å². The number of carbonyl (C=O) groups is 3. The number of aliphatic carboxylic acids is 2. The lowest BCUT2D eigenvalue weighted by atomic mass is 9.91. The van der Waals surface area contributed by atoms with Gasteiger partial charge >= 0.3 is 11.9 Å². The predicted octanol–water partition coefficient (Wildman–Crippen LogP) is 0.720.